The molecule has 1 atom stereocenters. The number of halogens is 1. The Kier molecular flexibility index (Phi) is 7.61. The van der Waals surface area contributed by atoms with Crippen molar-refractivity contribution >= 4 is 29.2 Å². The number of hydrogen-bond donors (Lipinski definition) is 2. The Bertz CT molecular complexity index is 696. The summed E-state index contributed by atoms with van der Waals surface area (Å²) in [5.74, 6) is 0.721. The lowest BCUT2D eigenvalue weighted by atomic mass is 10.0. The number of carbonyl (C=O) groups excluding carboxylic acids is 1. The Morgan fingerprint density at radius 1 is 1.21 bits per heavy atom. The first-order valence-electron chi connectivity index (χ1n) is 10.4. The summed E-state index contributed by atoms with van der Waals surface area (Å²) in [6, 6.07) is 7.84. The van der Waals surface area contributed by atoms with E-state index in [1.165, 1.54) is 0 Å². The summed E-state index contributed by atoms with van der Waals surface area (Å²) in [5, 5.41) is 7.26. The van der Waals surface area contributed by atoms with E-state index in [-0.39, 0.29) is 18.1 Å². The molecular formula is C21H32ClN5O2. The molecule has 8 heteroatoms. The highest BCUT2D eigenvalue weighted by Gasteiger charge is 2.29. The number of rotatable bonds is 6. The predicted molar refractivity (Wildman–Crippen MR) is 118 cm³/mol. The summed E-state index contributed by atoms with van der Waals surface area (Å²) < 4.78 is 5.81. The Hall–Kier alpha value is -1.99. The van der Waals surface area contributed by atoms with Gasteiger partial charge in [0.2, 0.25) is 5.91 Å². The second-order valence-corrected chi connectivity index (χ2v) is 8.23. The van der Waals surface area contributed by atoms with E-state index < -0.39 is 0 Å². The van der Waals surface area contributed by atoms with Crippen molar-refractivity contribution in [3.05, 3.63) is 29.3 Å². The molecule has 2 saturated heterocycles. The molecule has 2 aliphatic heterocycles. The molecule has 0 saturated carbocycles. The van der Waals surface area contributed by atoms with Crippen LogP contribution in [0.3, 0.4) is 0 Å². The lowest BCUT2D eigenvalue weighted by Gasteiger charge is -2.36. The summed E-state index contributed by atoms with van der Waals surface area (Å²) in [6.07, 6.45) is 2.13. The second kappa shape index (κ2) is 10.2. The van der Waals surface area contributed by atoms with E-state index in [0.29, 0.717) is 25.6 Å². The number of ether oxygens (including phenoxy) is 1. The van der Waals surface area contributed by atoms with Crippen LogP contribution in [0.5, 0.6) is 0 Å². The molecule has 2 heterocycles. The molecule has 0 aromatic heterocycles. The summed E-state index contributed by atoms with van der Waals surface area (Å²) in [6.45, 7) is 9.55. The van der Waals surface area contributed by atoms with Gasteiger partial charge in [0.15, 0.2) is 5.96 Å². The third-order valence-electron chi connectivity index (χ3n) is 5.47. The fraction of sp³-hybridized carbons (Fsp3) is 0.619. The average molecular weight is 422 g/mol. The van der Waals surface area contributed by atoms with Gasteiger partial charge in [0, 0.05) is 56.6 Å². The van der Waals surface area contributed by atoms with Crippen molar-refractivity contribution in [3.8, 4) is 0 Å². The van der Waals surface area contributed by atoms with Crippen molar-refractivity contribution in [2.45, 2.75) is 32.3 Å². The topological polar surface area (TPSA) is 69.2 Å². The number of amides is 1. The van der Waals surface area contributed by atoms with Gasteiger partial charge in [-0.05, 0) is 51.0 Å². The minimum absolute atomic E-state index is 0.0567. The van der Waals surface area contributed by atoms with Crippen LogP contribution in [0, 0.1) is 0 Å². The molecule has 0 radical (unpaired) electrons. The standard InChI is InChI=1S/C21H32ClN5O2/c1-3-23-20(25-16-21(2)9-4-14-29-21)24-15-19(28)27-12-10-26(11-13-27)18-7-5-17(22)6-8-18/h5-8H,3-4,9-16H2,1-2H3,(H2,23,24,25). The van der Waals surface area contributed by atoms with E-state index >= 15 is 0 Å². The first-order chi connectivity index (χ1) is 14.0. The second-order valence-electron chi connectivity index (χ2n) is 7.79. The fourth-order valence-corrected chi connectivity index (χ4v) is 3.83. The third-order valence-corrected chi connectivity index (χ3v) is 5.72. The first kappa shape index (κ1) is 21.7. The molecule has 29 heavy (non-hydrogen) atoms. The van der Waals surface area contributed by atoms with Crippen LogP contribution >= 0.6 is 11.6 Å². The Balaban J connectivity index is 1.47. The summed E-state index contributed by atoms with van der Waals surface area (Å²) in [4.78, 5) is 21.3. The summed E-state index contributed by atoms with van der Waals surface area (Å²) in [5.41, 5.74) is 0.985. The minimum Gasteiger partial charge on any atom is -0.373 e. The van der Waals surface area contributed by atoms with Gasteiger partial charge in [-0.3, -0.25) is 4.79 Å². The Morgan fingerprint density at radius 3 is 2.55 bits per heavy atom. The maximum Gasteiger partial charge on any atom is 0.244 e. The van der Waals surface area contributed by atoms with Gasteiger partial charge < -0.3 is 25.2 Å². The number of nitrogens with one attached hydrogen (secondary N) is 2. The van der Waals surface area contributed by atoms with Crippen LogP contribution in [0.4, 0.5) is 5.69 Å². The fourth-order valence-electron chi connectivity index (χ4n) is 3.70. The zero-order valence-electron chi connectivity index (χ0n) is 17.4. The van der Waals surface area contributed by atoms with Gasteiger partial charge in [-0.1, -0.05) is 11.6 Å². The molecule has 3 rings (SSSR count). The van der Waals surface area contributed by atoms with Crippen LogP contribution in [0.15, 0.2) is 29.3 Å². The van der Waals surface area contributed by atoms with Gasteiger partial charge in [-0.15, -0.1) is 0 Å². The van der Waals surface area contributed by atoms with Crippen LogP contribution in [-0.4, -0.2) is 74.8 Å². The number of benzene rings is 1. The normalized spacial score (nSPS) is 22.7. The minimum atomic E-state index is -0.155. The van der Waals surface area contributed by atoms with E-state index in [1.807, 2.05) is 36.1 Å². The van der Waals surface area contributed by atoms with E-state index in [1.54, 1.807) is 0 Å². The SMILES string of the molecule is CCNC(=NCC(=O)N1CCN(c2ccc(Cl)cc2)CC1)NCC1(C)CCCO1. The van der Waals surface area contributed by atoms with Gasteiger partial charge in [0.05, 0.1) is 5.60 Å². The number of piperazine rings is 1. The van der Waals surface area contributed by atoms with Gasteiger partial charge >= 0.3 is 0 Å². The molecule has 1 aromatic rings. The van der Waals surface area contributed by atoms with E-state index in [0.717, 1.165) is 49.8 Å². The van der Waals surface area contributed by atoms with E-state index in [9.17, 15) is 4.79 Å². The van der Waals surface area contributed by atoms with Crippen molar-refractivity contribution < 1.29 is 9.53 Å². The predicted octanol–water partition coefficient (Wildman–Crippen LogP) is 2.11. The molecule has 2 aliphatic rings. The maximum absolute atomic E-state index is 12.6. The zero-order chi connectivity index (χ0) is 20.7. The molecule has 2 fully saturated rings. The molecule has 2 N–H and O–H groups in total. The van der Waals surface area contributed by atoms with Crippen molar-refractivity contribution in [1.29, 1.82) is 0 Å². The van der Waals surface area contributed by atoms with Gasteiger partial charge in [0.1, 0.15) is 6.54 Å². The molecule has 0 spiro atoms. The molecule has 160 valence electrons. The molecule has 1 unspecified atom stereocenters. The average Bonchev–Trinajstić information content (AvgIpc) is 3.17. The maximum atomic E-state index is 12.6. The van der Waals surface area contributed by atoms with Crippen molar-refractivity contribution in [1.82, 2.24) is 15.5 Å². The van der Waals surface area contributed by atoms with Crippen molar-refractivity contribution in [3.63, 3.8) is 0 Å². The summed E-state index contributed by atoms with van der Waals surface area (Å²) in [7, 11) is 0. The van der Waals surface area contributed by atoms with Crippen LogP contribution in [0.1, 0.15) is 26.7 Å². The largest absolute Gasteiger partial charge is 0.373 e. The van der Waals surface area contributed by atoms with Gasteiger partial charge in [-0.25, -0.2) is 4.99 Å². The van der Waals surface area contributed by atoms with Crippen LogP contribution in [-0.2, 0) is 9.53 Å². The zero-order valence-corrected chi connectivity index (χ0v) is 18.2. The smallest absolute Gasteiger partial charge is 0.244 e. The lowest BCUT2D eigenvalue weighted by Crippen LogP contribution is -2.50. The molecule has 0 bridgehead atoms. The van der Waals surface area contributed by atoms with Crippen LogP contribution in [0.2, 0.25) is 5.02 Å². The van der Waals surface area contributed by atoms with Gasteiger partial charge in [-0.2, -0.15) is 0 Å². The number of nitrogens with zero attached hydrogens (tertiary/aromatic N) is 3. The first-order valence-corrected chi connectivity index (χ1v) is 10.8. The highest BCUT2D eigenvalue weighted by Crippen LogP contribution is 2.23. The van der Waals surface area contributed by atoms with Crippen molar-refractivity contribution in [2.75, 3.05) is 57.3 Å². The number of anilines is 1. The third kappa shape index (κ3) is 6.24. The quantitative estimate of drug-likeness (QED) is 0.544. The van der Waals surface area contributed by atoms with Crippen molar-refractivity contribution in [2.24, 2.45) is 4.99 Å². The molecule has 1 amide bonds. The molecule has 1 aromatic carbocycles. The Labute approximate surface area is 178 Å². The van der Waals surface area contributed by atoms with Crippen LogP contribution < -0.4 is 15.5 Å². The summed E-state index contributed by atoms with van der Waals surface area (Å²) >= 11 is 5.96. The number of hydrogen-bond acceptors (Lipinski definition) is 4. The molecular weight excluding hydrogens is 390 g/mol. The van der Waals surface area contributed by atoms with Crippen LogP contribution in [0.25, 0.3) is 0 Å². The molecule has 7 nitrogen and oxygen atoms in total. The highest BCUT2D eigenvalue weighted by atomic mass is 35.5. The van der Waals surface area contributed by atoms with E-state index in [2.05, 4.69) is 27.4 Å². The molecule has 0 aliphatic carbocycles. The lowest BCUT2D eigenvalue weighted by molar-refractivity contribution is -0.129. The number of carbonyl (C=O) groups is 1. The Morgan fingerprint density at radius 2 is 1.93 bits per heavy atom. The monoisotopic (exact) mass is 421 g/mol. The highest BCUT2D eigenvalue weighted by molar-refractivity contribution is 6.30. The number of aliphatic imine (C=N–C) groups is 1. The van der Waals surface area contributed by atoms with Gasteiger partial charge in [0.25, 0.3) is 0 Å². The van der Waals surface area contributed by atoms with E-state index in [4.69, 9.17) is 16.3 Å². The number of guanidine groups is 1.